The highest BCUT2D eigenvalue weighted by atomic mass is 35.5. The summed E-state index contributed by atoms with van der Waals surface area (Å²) < 4.78 is 26.2. The molecule has 0 radical (unpaired) electrons. The Hall–Kier alpha value is -2.58. The van der Waals surface area contributed by atoms with Crippen molar-refractivity contribution in [1.29, 1.82) is 0 Å². The van der Waals surface area contributed by atoms with Crippen molar-refractivity contribution < 1.29 is 18.0 Å². The van der Waals surface area contributed by atoms with Gasteiger partial charge in [0.15, 0.2) is 0 Å². The molecule has 9 heteroatoms. The van der Waals surface area contributed by atoms with Crippen LogP contribution in [0.15, 0.2) is 48.5 Å². The number of halogens is 1. The third-order valence-corrected chi connectivity index (χ3v) is 7.22. The zero-order valence-electron chi connectivity index (χ0n) is 21.8. The number of sulfonamides is 1. The number of hydrogen-bond acceptors (Lipinski definition) is 4. The van der Waals surface area contributed by atoms with Crippen LogP contribution in [0.4, 0.5) is 5.69 Å². The molecule has 0 aliphatic carbocycles. The van der Waals surface area contributed by atoms with Crippen molar-refractivity contribution in [1.82, 2.24) is 10.2 Å². The molecule has 0 aromatic heterocycles. The number of carbonyl (C=O) groups is 2. The van der Waals surface area contributed by atoms with Crippen LogP contribution in [-0.4, -0.2) is 50.5 Å². The van der Waals surface area contributed by atoms with Gasteiger partial charge in [0.1, 0.15) is 6.04 Å². The monoisotopic (exact) mass is 535 g/mol. The first kappa shape index (κ1) is 29.6. The smallest absolute Gasteiger partial charge is 0.242 e. The molecule has 0 heterocycles. The number of nitrogens with zero attached hydrogens (tertiary/aromatic N) is 2. The maximum absolute atomic E-state index is 13.4. The van der Waals surface area contributed by atoms with E-state index in [2.05, 4.69) is 5.32 Å². The van der Waals surface area contributed by atoms with Gasteiger partial charge in [-0.15, -0.1) is 0 Å². The average Bonchev–Trinajstić information content (AvgIpc) is 2.80. The summed E-state index contributed by atoms with van der Waals surface area (Å²) >= 11 is 6.02. The van der Waals surface area contributed by atoms with E-state index < -0.39 is 16.1 Å². The summed E-state index contributed by atoms with van der Waals surface area (Å²) in [5.74, 6) is -0.101. The van der Waals surface area contributed by atoms with Crippen LogP contribution in [0.5, 0.6) is 0 Å². The third kappa shape index (κ3) is 9.13. The zero-order valence-corrected chi connectivity index (χ0v) is 23.4. The van der Waals surface area contributed by atoms with Gasteiger partial charge >= 0.3 is 0 Å². The summed E-state index contributed by atoms with van der Waals surface area (Å²) in [6, 6.07) is 13.8. The fourth-order valence-corrected chi connectivity index (χ4v) is 5.00. The standard InChI is InChI=1S/C27H38ClN3O4S/c1-6-25(27(33)29-18-20(2)3)30(19-22-12-14-23(28)15-13-22)26(32)11-8-16-31(36(5,34)35)24-10-7-9-21(4)17-24/h7,9-10,12-15,17,20,25H,6,8,11,16,18-19H2,1-5H3,(H,29,33)/t25-/m1/s1. The lowest BCUT2D eigenvalue weighted by Crippen LogP contribution is -2.49. The molecule has 0 aliphatic heterocycles. The summed E-state index contributed by atoms with van der Waals surface area (Å²) in [6.45, 7) is 8.76. The predicted molar refractivity (Wildman–Crippen MR) is 147 cm³/mol. The first-order chi connectivity index (χ1) is 16.9. The van der Waals surface area contributed by atoms with Crippen molar-refractivity contribution in [2.75, 3.05) is 23.7 Å². The minimum Gasteiger partial charge on any atom is -0.354 e. The van der Waals surface area contributed by atoms with Gasteiger partial charge < -0.3 is 10.2 Å². The van der Waals surface area contributed by atoms with Crippen LogP contribution in [0.25, 0.3) is 0 Å². The molecule has 1 N–H and O–H groups in total. The second-order valence-electron chi connectivity index (χ2n) is 9.49. The van der Waals surface area contributed by atoms with E-state index >= 15 is 0 Å². The summed E-state index contributed by atoms with van der Waals surface area (Å²) in [6.07, 6.45) is 2.05. The molecule has 36 heavy (non-hydrogen) atoms. The van der Waals surface area contributed by atoms with E-state index in [4.69, 9.17) is 11.6 Å². The molecule has 1 atom stereocenters. The maximum atomic E-state index is 13.4. The molecule has 198 valence electrons. The van der Waals surface area contributed by atoms with E-state index in [0.717, 1.165) is 17.4 Å². The molecule has 2 rings (SSSR count). The lowest BCUT2D eigenvalue weighted by molar-refractivity contribution is -0.141. The number of benzene rings is 2. The molecule has 0 saturated carbocycles. The lowest BCUT2D eigenvalue weighted by Gasteiger charge is -2.31. The second-order valence-corrected chi connectivity index (χ2v) is 11.8. The van der Waals surface area contributed by atoms with Gasteiger partial charge in [-0.2, -0.15) is 0 Å². The number of hydrogen-bond donors (Lipinski definition) is 1. The van der Waals surface area contributed by atoms with Crippen LogP contribution >= 0.6 is 11.6 Å². The molecule has 0 fully saturated rings. The molecule has 0 spiro atoms. The fourth-order valence-electron chi connectivity index (χ4n) is 3.92. The van der Waals surface area contributed by atoms with E-state index in [1.165, 1.54) is 4.31 Å². The van der Waals surface area contributed by atoms with E-state index in [1.54, 1.807) is 23.1 Å². The first-order valence-electron chi connectivity index (χ1n) is 12.3. The van der Waals surface area contributed by atoms with Gasteiger partial charge in [0, 0.05) is 31.1 Å². The summed E-state index contributed by atoms with van der Waals surface area (Å²) in [5.41, 5.74) is 2.38. The fraction of sp³-hybridized carbons (Fsp3) is 0.481. The molecule has 0 bridgehead atoms. The van der Waals surface area contributed by atoms with Gasteiger partial charge in [-0.25, -0.2) is 8.42 Å². The minimum absolute atomic E-state index is 0.111. The third-order valence-electron chi connectivity index (χ3n) is 5.78. The van der Waals surface area contributed by atoms with Gasteiger partial charge in [-0.1, -0.05) is 56.6 Å². The lowest BCUT2D eigenvalue weighted by atomic mass is 10.1. The Morgan fingerprint density at radius 3 is 2.31 bits per heavy atom. The van der Waals surface area contributed by atoms with Crippen LogP contribution in [0.2, 0.25) is 5.02 Å². The Bertz CT molecular complexity index is 1120. The summed E-state index contributed by atoms with van der Waals surface area (Å²) in [7, 11) is -3.52. The average molecular weight is 536 g/mol. The SMILES string of the molecule is CC[C@H](C(=O)NCC(C)C)N(Cc1ccc(Cl)cc1)C(=O)CCCN(c1cccc(C)c1)S(C)(=O)=O. The topological polar surface area (TPSA) is 86.8 Å². The van der Waals surface area contributed by atoms with Crippen LogP contribution < -0.4 is 9.62 Å². The molecular weight excluding hydrogens is 498 g/mol. The van der Waals surface area contributed by atoms with Crippen LogP contribution in [0.1, 0.15) is 51.2 Å². The quantitative estimate of drug-likeness (QED) is 0.400. The van der Waals surface area contributed by atoms with Crippen molar-refractivity contribution in [3.8, 4) is 0 Å². The summed E-state index contributed by atoms with van der Waals surface area (Å²) in [5, 5.41) is 3.54. The Morgan fingerprint density at radius 2 is 1.75 bits per heavy atom. The number of rotatable bonds is 13. The Morgan fingerprint density at radius 1 is 1.08 bits per heavy atom. The van der Waals surface area contributed by atoms with E-state index in [0.29, 0.717) is 30.1 Å². The van der Waals surface area contributed by atoms with Gasteiger partial charge in [0.25, 0.3) is 0 Å². The summed E-state index contributed by atoms with van der Waals surface area (Å²) in [4.78, 5) is 28.0. The van der Waals surface area contributed by atoms with Gasteiger partial charge in [0.2, 0.25) is 21.8 Å². The predicted octanol–water partition coefficient (Wildman–Crippen LogP) is 4.77. The van der Waals surface area contributed by atoms with Crippen LogP contribution in [0.3, 0.4) is 0 Å². The molecule has 7 nitrogen and oxygen atoms in total. The highest BCUT2D eigenvalue weighted by Gasteiger charge is 2.29. The number of amides is 2. The number of anilines is 1. The van der Waals surface area contributed by atoms with Gasteiger partial charge in [-0.05, 0) is 61.1 Å². The van der Waals surface area contributed by atoms with Crippen LogP contribution in [0, 0.1) is 12.8 Å². The van der Waals surface area contributed by atoms with Crippen molar-refractivity contribution in [3.63, 3.8) is 0 Å². The largest absolute Gasteiger partial charge is 0.354 e. The normalized spacial score (nSPS) is 12.3. The molecule has 2 amide bonds. The minimum atomic E-state index is -3.52. The van der Waals surface area contributed by atoms with Gasteiger partial charge in [-0.3, -0.25) is 13.9 Å². The maximum Gasteiger partial charge on any atom is 0.242 e. The Balaban J connectivity index is 2.20. The molecule has 0 saturated heterocycles. The number of nitrogens with one attached hydrogen (secondary N) is 1. The Kier molecular flexibility index (Phi) is 11.2. The highest BCUT2D eigenvalue weighted by molar-refractivity contribution is 7.92. The highest BCUT2D eigenvalue weighted by Crippen LogP contribution is 2.21. The van der Waals surface area contributed by atoms with Crippen molar-refractivity contribution in [2.45, 2.75) is 59.5 Å². The van der Waals surface area contributed by atoms with E-state index in [9.17, 15) is 18.0 Å². The number of carbonyl (C=O) groups excluding carboxylic acids is 2. The van der Waals surface area contributed by atoms with E-state index in [-0.39, 0.29) is 37.2 Å². The van der Waals surface area contributed by atoms with E-state index in [1.807, 2.05) is 58.0 Å². The molecule has 2 aromatic carbocycles. The van der Waals surface area contributed by atoms with Crippen LogP contribution in [-0.2, 0) is 26.2 Å². The molecular formula is C27H38ClN3O4S. The first-order valence-corrected chi connectivity index (χ1v) is 14.5. The number of aryl methyl sites for hydroxylation is 1. The zero-order chi connectivity index (χ0) is 26.9. The second kappa shape index (κ2) is 13.7. The molecule has 2 aromatic rings. The van der Waals surface area contributed by atoms with Crippen molar-refractivity contribution in [2.24, 2.45) is 5.92 Å². The van der Waals surface area contributed by atoms with Gasteiger partial charge in [0.05, 0.1) is 11.9 Å². The van der Waals surface area contributed by atoms with Crippen molar-refractivity contribution in [3.05, 3.63) is 64.7 Å². The molecule has 0 unspecified atom stereocenters. The molecule has 0 aliphatic rings. The Labute approximate surface area is 220 Å². The van der Waals surface area contributed by atoms with Crippen molar-refractivity contribution >= 4 is 39.1 Å².